The first-order valence-electron chi connectivity index (χ1n) is 9.95. The highest BCUT2D eigenvalue weighted by Gasteiger charge is 2.37. The molecule has 1 aliphatic rings. The minimum absolute atomic E-state index is 0.128. The van der Waals surface area contributed by atoms with Crippen LogP contribution in [0, 0.1) is 5.82 Å². The Morgan fingerprint density at radius 2 is 1.72 bits per heavy atom. The van der Waals surface area contributed by atoms with Gasteiger partial charge in [0.1, 0.15) is 23.9 Å². The third kappa shape index (κ3) is 4.67. The summed E-state index contributed by atoms with van der Waals surface area (Å²) in [4.78, 5) is 12.8. The van der Waals surface area contributed by atoms with Crippen LogP contribution < -0.4 is 19.1 Å². The van der Waals surface area contributed by atoms with Gasteiger partial charge >= 0.3 is 0 Å². The van der Waals surface area contributed by atoms with E-state index in [2.05, 4.69) is 5.32 Å². The van der Waals surface area contributed by atoms with Gasteiger partial charge in [-0.1, -0.05) is 30.3 Å². The monoisotopic (exact) mass is 456 g/mol. The summed E-state index contributed by atoms with van der Waals surface area (Å²) in [6, 6.07) is 20.3. The summed E-state index contributed by atoms with van der Waals surface area (Å²) < 4.78 is 51.9. The van der Waals surface area contributed by atoms with E-state index in [0.717, 1.165) is 0 Å². The SMILES string of the molecule is O=C(NCCOc1ccc(F)cc1)[C@H]1CN(S(=O)(=O)c2ccccc2)c2ccccc2O1. The average Bonchev–Trinajstić information content (AvgIpc) is 2.82. The Bertz CT molecular complexity index is 1190. The van der Waals surface area contributed by atoms with Gasteiger partial charge in [-0.2, -0.15) is 0 Å². The van der Waals surface area contributed by atoms with Crippen molar-refractivity contribution in [2.75, 3.05) is 24.0 Å². The molecule has 32 heavy (non-hydrogen) atoms. The predicted octanol–water partition coefficient (Wildman–Crippen LogP) is 2.98. The van der Waals surface area contributed by atoms with Crippen LogP contribution in [0.25, 0.3) is 0 Å². The molecule has 0 aliphatic carbocycles. The molecule has 9 heteroatoms. The Hall–Kier alpha value is -3.59. The van der Waals surface area contributed by atoms with E-state index < -0.39 is 22.0 Å². The first kappa shape index (κ1) is 21.6. The summed E-state index contributed by atoms with van der Waals surface area (Å²) in [5, 5.41) is 2.69. The van der Waals surface area contributed by atoms with Crippen molar-refractivity contribution in [1.82, 2.24) is 5.32 Å². The average molecular weight is 456 g/mol. The number of para-hydroxylation sites is 2. The third-order valence-electron chi connectivity index (χ3n) is 4.84. The molecule has 1 heterocycles. The zero-order valence-electron chi connectivity index (χ0n) is 17.0. The number of nitrogens with zero attached hydrogens (tertiary/aromatic N) is 1. The smallest absolute Gasteiger partial charge is 0.264 e. The van der Waals surface area contributed by atoms with Gasteiger partial charge in [0.2, 0.25) is 0 Å². The Kier molecular flexibility index (Phi) is 6.27. The van der Waals surface area contributed by atoms with Gasteiger partial charge in [-0.25, -0.2) is 12.8 Å². The zero-order valence-corrected chi connectivity index (χ0v) is 17.8. The van der Waals surface area contributed by atoms with E-state index in [1.54, 1.807) is 42.5 Å². The number of anilines is 1. The molecular weight excluding hydrogens is 435 g/mol. The number of nitrogens with one attached hydrogen (secondary N) is 1. The molecule has 0 aromatic heterocycles. The first-order valence-corrected chi connectivity index (χ1v) is 11.4. The number of fused-ring (bicyclic) bond motifs is 1. The maximum atomic E-state index is 13.3. The van der Waals surface area contributed by atoms with Gasteiger partial charge in [0, 0.05) is 0 Å². The summed E-state index contributed by atoms with van der Waals surface area (Å²) in [7, 11) is -3.89. The largest absolute Gasteiger partial charge is 0.492 e. The maximum absolute atomic E-state index is 13.3. The fourth-order valence-corrected chi connectivity index (χ4v) is 4.77. The molecule has 1 atom stereocenters. The molecule has 3 aromatic carbocycles. The van der Waals surface area contributed by atoms with Crippen LogP contribution in [-0.4, -0.2) is 40.1 Å². The fraction of sp³-hybridized carbons (Fsp3) is 0.174. The molecule has 4 rings (SSSR count). The van der Waals surface area contributed by atoms with Crippen LogP contribution in [0.15, 0.2) is 83.8 Å². The molecule has 1 amide bonds. The summed E-state index contributed by atoms with van der Waals surface area (Å²) >= 11 is 0. The highest BCUT2D eigenvalue weighted by atomic mass is 32.2. The molecule has 0 spiro atoms. The lowest BCUT2D eigenvalue weighted by Gasteiger charge is -2.34. The van der Waals surface area contributed by atoms with Crippen molar-refractivity contribution in [3.8, 4) is 11.5 Å². The lowest BCUT2D eigenvalue weighted by Crippen LogP contribution is -2.51. The van der Waals surface area contributed by atoms with E-state index in [9.17, 15) is 17.6 Å². The maximum Gasteiger partial charge on any atom is 0.264 e. The van der Waals surface area contributed by atoms with E-state index in [1.165, 1.54) is 40.7 Å². The van der Waals surface area contributed by atoms with Crippen molar-refractivity contribution in [3.05, 3.63) is 84.7 Å². The Labute approximate surface area is 185 Å². The van der Waals surface area contributed by atoms with Crippen LogP contribution in [0.5, 0.6) is 11.5 Å². The summed E-state index contributed by atoms with van der Waals surface area (Å²) in [5.74, 6) is -0.0459. The van der Waals surface area contributed by atoms with Crippen molar-refractivity contribution in [2.24, 2.45) is 0 Å². The molecule has 0 unspecified atom stereocenters. The molecule has 1 N–H and O–H groups in total. The Balaban J connectivity index is 1.45. The van der Waals surface area contributed by atoms with Crippen molar-refractivity contribution in [1.29, 1.82) is 0 Å². The van der Waals surface area contributed by atoms with E-state index in [-0.39, 0.29) is 30.4 Å². The van der Waals surface area contributed by atoms with Crippen LogP contribution in [0.2, 0.25) is 0 Å². The number of hydrogen-bond donors (Lipinski definition) is 1. The molecule has 0 radical (unpaired) electrons. The van der Waals surface area contributed by atoms with Gasteiger partial charge in [0.15, 0.2) is 6.10 Å². The molecule has 0 saturated carbocycles. The van der Waals surface area contributed by atoms with Gasteiger partial charge in [-0.3, -0.25) is 9.10 Å². The topological polar surface area (TPSA) is 84.9 Å². The summed E-state index contributed by atoms with van der Waals surface area (Å²) in [6.07, 6.45) is -1.03. The van der Waals surface area contributed by atoms with Gasteiger partial charge in [0.05, 0.1) is 23.7 Å². The highest BCUT2D eigenvalue weighted by molar-refractivity contribution is 7.92. The van der Waals surface area contributed by atoms with Gasteiger partial charge in [-0.05, 0) is 48.5 Å². The fourth-order valence-electron chi connectivity index (χ4n) is 3.27. The normalized spacial score (nSPS) is 15.4. The summed E-state index contributed by atoms with van der Waals surface area (Å²) in [6.45, 7) is 0.161. The van der Waals surface area contributed by atoms with E-state index in [4.69, 9.17) is 9.47 Å². The number of carbonyl (C=O) groups excluding carboxylic acids is 1. The third-order valence-corrected chi connectivity index (χ3v) is 6.64. The minimum atomic E-state index is -3.89. The van der Waals surface area contributed by atoms with E-state index in [1.807, 2.05) is 0 Å². The van der Waals surface area contributed by atoms with Crippen LogP contribution in [0.1, 0.15) is 0 Å². The molecule has 1 aliphatic heterocycles. The number of amides is 1. The van der Waals surface area contributed by atoms with Crippen LogP contribution in [0.3, 0.4) is 0 Å². The quantitative estimate of drug-likeness (QED) is 0.553. The van der Waals surface area contributed by atoms with Crippen molar-refractivity contribution in [3.63, 3.8) is 0 Å². The summed E-state index contributed by atoms with van der Waals surface area (Å²) in [5.41, 5.74) is 0.375. The van der Waals surface area contributed by atoms with Gasteiger partial charge in [-0.15, -0.1) is 0 Å². The number of hydrogen-bond acceptors (Lipinski definition) is 5. The molecule has 0 fully saturated rings. The lowest BCUT2D eigenvalue weighted by molar-refractivity contribution is -0.127. The molecule has 3 aromatic rings. The standard InChI is InChI=1S/C23H21FN2O5S/c24-17-10-12-18(13-11-17)30-15-14-25-23(27)22-16-26(20-8-4-5-9-21(20)31-22)32(28,29)19-6-2-1-3-7-19/h1-13,22H,14-16H2,(H,25,27)/t22-/m1/s1. The van der Waals surface area contributed by atoms with Crippen molar-refractivity contribution >= 4 is 21.6 Å². The number of carbonyl (C=O) groups is 1. The van der Waals surface area contributed by atoms with Crippen molar-refractivity contribution < 1.29 is 27.1 Å². The molecule has 0 saturated heterocycles. The predicted molar refractivity (Wildman–Crippen MR) is 117 cm³/mol. The molecular formula is C23H21FN2O5S. The highest BCUT2D eigenvalue weighted by Crippen LogP contribution is 2.36. The molecule has 166 valence electrons. The Morgan fingerprint density at radius 3 is 2.47 bits per heavy atom. The molecule has 0 bridgehead atoms. The van der Waals surface area contributed by atoms with E-state index >= 15 is 0 Å². The van der Waals surface area contributed by atoms with Crippen LogP contribution in [0.4, 0.5) is 10.1 Å². The minimum Gasteiger partial charge on any atom is -0.492 e. The van der Waals surface area contributed by atoms with Gasteiger partial charge < -0.3 is 14.8 Å². The van der Waals surface area contributed by atoms with Gasteiger partial charge in [0.25, 0.3) is 15.9 Å². The Morgan fingerprint density at radius 1 is 1.03 bits per heavy atom. The molecule has 7 nitrogen and oxygen atoms in total. The number of ether oxygens (including phenoxy) is 2. The first-order chi connectivity index (χ1) is 15.4. The zero-order chi connectivity index (χ0) is 22.6. The van der Waals surface area contributed by atoms with Crippen LogP contribution >= 0.6 is 0 Å². The number of halogens is 1. The second kappa shape index (κ2) is 9.27. The number of sulfonamides is 1. The second-order valence-corrected chi connectivity index (χ2v) is 8.88. The number of rotatable bonds is 7. The van der Waals surface area contributed by atoms with Crippen LogP contribution in [-0.2, 0) is 14.8 Å². The second-order valence-electron chi connectivity index (χ2n) is 7.02. The van der Waals surface area contributed by atoms with E-state index in [0.29, 0.717) is 17.2 Å². The number of benzene rings is 3. The lowest BCUT2D eigenvalue weighted by atomic mass is 10.2. The van der Waals surface area contributed by atoms with Crippen molar-refractivity contribution in [2.45, 2.75) is 11.0 Å².